The number of carbonyl (C=O) groups is 1. The Bertz CT molecular complexity index is 332. The van der Waals surface area contributed by atoms with Crippen LogP contribution in [0.1, 0.15) is 23.8 Å². The summed E-state index contributed by atoms with van der Waals surface area (Å²) in [6, 6.07) is 3.36. The van der Waals surface area contributed by atoms with Crippen LogP contribution in [-0.4, -0.2) is 24.4 Å². The Morgan fingerprint density at radius 2 is 2.47 bits per heavy atom. The SMILES string of the molecule is CN(CC1CC1)C(=O)C(N)c1cccs1. The Morgan fingerprint density at radius 1 is 1.73 bits per heavy atom. The van der Waals surface area contributed by atoms with E-state index in [2.05, 4.69) is 0 Å². The Morgan fingerprint density at radius 3 is 3.00 bits per heavy atom. The summed E-state index contributed by atoms with van der Waals surface area (Å²) in [6.45, 7) is 0.859. The van der Waals surface area contributed by atoms with Gasteiger partial charge in [-0.1, -0.05) is 6.07 Å². The zero-order chi connectivity index (χ0) is 10.8. The van der Waals surface area contributed by atoms with Gasteiger partial charge in [0.05, 0.1) is 0 Å². The van der Waals surface area contributed by atoms with Crippen LogP contribution in [-0.2, 0) is 4.79 Å². The largest absolute Gasteiger partial charge is 0.344 e. The quantitative estimate of drug-likeness (QED) is 0.844. The van der Waals surface area contributed by atoms with Gasteiger partial charge in [0.1, 0.15) is 6.04 Å². The molecule has 0 spiro atoms. The van der Waals surface area contributed by atoms with E-state index in [4.69, 9.17) is 5.73 Å². The Hall–Kier alpha value is -0.870. The van der Waals surface area contributed by atoms with E-state index in [-0.39, 0.29) is 5.91 Å². The molecular weight excluding hydrogens is 208 g/mol. The van der Waals surface area contributed by atoms with Crippen molar-refractivity contribution in [1.82, 2.24) is 4.90 Å². The van der Waals surface area contributed by atoms with Gasteiger partial charge >= 0.3 is 0 Å². The Labute approximate surface area is 93.9 Å². The Kier molecular flexibility index (Phi) is 3.07. The average molecular weight is 224 g/mol. The zero-order valence-electron chi connectivity index (χ0n) is 8.85. The van der Waals surface area contributed by atoms with Crippen LogP contribution >= 0.6 is 11.3 Å². The molecule has 2 rings (SSSR count). The van der Waals surface area contributed by atoms with E-state index in [9.17, 15) is 4.79 Å². The van der Waals surface area contributed by atoms with E-state index in [0.29, 0.717) is 0 Å². The third kappa shape index (κ3) is 2.58. The molecule has 1 aliphatic carbocycles. The predicted octanol–water partition coefficient (Wildman–Crippen LogP) is 1.62. The van der Waals surface area contributed by atoms with Crippen LogP contribution in [0, 0.1) is 5.92 Å². The van der Waals surface area contributed by atoms with Gasteiger partial charge in [0.2, 0.25) is 5.91 Å². The highest BCUT2D eigenvalue weighted by Gasteiger charge is 2.27. The summed E-state index contributed by atoms with van der Waals surface area (Å²) in [7, 11) is 1.84. The summed E-state index contributed by atoms with van der Waals surface area (Å²) in [5.74, 6) is 0.749. The molecule has 0 radical (unpaired) electrons. The zero-order valence-corrected chi connectivity index (χ0v) is 9.67. The van der Waals surface area contributed by atoms with E-state index in [1.165, 1.54) is 24.2 Å². The number of likely N-dealkylation sites (N-methyl/N-ethyl adjacent to an activating group) is 1. The molecule has 1 atom stereocenters. The van der Waals surface area contributed by atoms with Gasteiger partial charge in [0.25, 0.3) is 0 Å². The second-order valence-electron chi connectivity index (χ2n) is 4.16. The van der Waals surface area contributed by atoms with E-state index in [0.717, 1.165) is 17.3 Å². The van der Waals surface area contributed by atoms with Crippen molar-refractivity contribution in [2.45, 2.75) is 18.9 Å². The van der Waals surface area contributed by atoms with Crippen molar-refractivity contribution in [3.8, 4) is 0 Å². The van der Waals surface area contributed by atoms with Gasteiger partial charge in [-0.2, -0.15) is 0 Å². The van der Waals surface area contributed by atoms with Crippen LogP contribution in [0.4, 0.5) is 0 Å². The molecule has 1 aromatic rings. The minimum atomic E-state index is -0.478. The van der Waals surface area contributed by atoms with Crippen LogP contribution in [0.15, 0.2) is 17.5 Å². The maximum atomic E-state index is 11.9. The second-order valence-corrected chi connectivity index (χ2v) is 5.13. The molecule has 0 aromatic carbocycles. The van der Waals surface area contributed by atoms with Crippen LogP contribution in [0.25, 0.3) is 0 Å². The molecular formula is C11H16N2OS. The fourth-order valence-corrected chi connectivity index (χ4v) is 2.32. The number of hydrogen-bond donors (Lipinski definition) is 1. The highest BCUT2D eigenvalue weighted by Crippen LogP contribution is 2.30. The molecule has 1 aromatic heterocycles. The van der Waals surface area contributed by atoms with Crippen molar-refractivity contribution < 1.29 is 4.79 Å². The van der Waals surface area contributed by atoms with Crippen LogP contribution < -0.4 is 5.73 Å². The van der Waals surface area contributed by atoms with Crippen molar-refractivity contribution in [3.05, 3.63) is 22.4 Å². The van der Waals surface area contributed by atoms with Crippen molar-refractivity contribution in [2.24, 2.45) is 11.7 Å². The van der Waals surface area contributed by atoms with Gasteiger partial charge in [0, 0.05) is 18.5 Å². The third-order valence-electron chi connectivity index (χ3n) is 2.72. The predicted molar refractivity (Wildman–Crippen MR) is 61.6 cm³/mol. The fourth-order valence-electron chi connectivity index (χ4n) is 1.61. The van der Waals surface area contributed by atoms with Crippen LogP contribution in [0.3, 0.4) is 0 Å². The molecule has 1 aliphatic rings. The molecule has 0 saturated heterocycles. The molecule has 2 N–H and O–H groups in total. The highest BCUT2D eigenvalue weighted by molar-refractivity contribution is 7.10. The first-order valence-corrected chi connectivity index (χ1v) is 6.10. The number of carbonyl (C=O) groups excluding carboxylic acids is 1. The van der Waals surface area contributed by atoms with Crippen molar-refractivity contribution in [3.63, 3.8) is 0 Å². The number of thiophene rings is 1. The summed E-state index contributed by atoms with van der Waals surface area (Å²) in [6.07, 6.45) is 2.51. The molecule has 1 heterocycles. The molecule has 1 fully saturated rings. The normalized spacial score (nSPS) is 17.5. The first kappa shape index (κ1) is 10.6. The minimum Gasteiger partial charge on any atom is -0.344 e. The van der Waals surface area contributed by atoms with Crippen LogP contribution in [0.5, 0.6) is 0 Å². The number of nitrogens with two attached hydrogens (primary N) is 1. The molecule has 82 valence electrons. The van der Waals surface area contributed by atoms with Gasteiger partial charge in [-0.25, -0.2) is 0 Å². The van der Waals surface area contributed by atoms with Gasteiger partial charge in [-0.15, -0.1) is 11.3 Å². The summed E-state index contributed by atoms with van der Waals surface area (Å²) in [5, 5.41) is 1.95. The average Bonchev–Trinajstić information content (AvgIpc) is 2.86. The lowest BCUT2D eigenvalue weighted by Crippen LogP contribution is -2.36. The maximum Gasteiger partial charge on any atom is 0.244 e. The molecule has 1 unspecified atom stereocenters. The molecule has 15 heavy (non-hydrogen) atoms. The summed E-state index contributed by atoms with van der Waals surface area (Å²) in [4.78, 5) is 14.6. The van der Waals surface area contributed by atoms with Crippen molar-refractivity contribution in [1.29, 1.82) is 0 Å². The third-order valence-corrected chi connectivity index (χ3v) is 3.68. The lowest BCUT2D eigenvalue weighted by molar-refractivity contribution is -0.131. The van der Waals surface area contributed by atoms with E-state index < -0.39 is 6.04 Å². The van der Waals surface area contributed by atoms with E-state index in [1.54, 1.807) is 4.90 Å². The molecule has 0 bridgehead atoms. The van der Waals surface area contributed by atoms with E-state index in [1.807, 2.05) is 24.6 Å². The van der Waals surface area contributed by atoms with Gasteiger partial charge in [-0.05, 0) is 30.2 Å². The first-order chi connectivity index (χ1) is 7.18. The van der Waals surface area contributed by atoms with E-state index >= 15 is 0 Å². The minimum absolute atomic E-state index is 0.0318. The van der Waals surface area contributed by atoms with Gasteiger partial charge < -0.3 is 10.6 Å². The number of rotatable bonds is 4. The van der Waals surface area contributed by atoms with Gasteiger partial charge in [0.15, 0.2) is 0 Å². The molecule has 0 aliphatic heterocycles. The molecule has 1 amide bonds. The lowest BCUT2D eigenvalue weighted by Gasteiger charge is -2.20. The maximum absolute atomic E-state index is 11.9. The number of hydrogen-bond acceptors (Lipinski definition) is 3. The Balaban J connectivity index is 1.93. The highest BCUT2D eigenvalue weighted by atomic mass is 32.1. The van der Waals surface area contributed by atoms with Crippen molar-refractivity contribution >= 4 is 17.2 Å². The fraction of sp³-hybridized carbons (Fsp3) is 0.545. The molecule has 1 saturated carbocycles. The number of amides is 1. The second kappa shape index (κ2) is 4.33. The van der Waals surface area contributed by atoms with Crippen LogP contribution in [0.2, 0.25) is 0 Å². The van der Waals surface area contributed by atoms with Crippen molar-refractivity contribution in [2.75, 3.05) is 13.6 Å². The first-order valence-electron chi connectivity index (χ1n) is 5.22. The topological polar surface area (TPSA) is 46.3 Å². The number of nitrogens with zero attached hydrogens (tertiary/aromatic N) is 1. The summed E-state index contributed by atoms with van der Waals surface area (Å²) >= 11 is 1.54. The lowest BCUT2D eigenvalue weighted by atomic mass is 10.2. The van der Waals surface area contributed by atoms with Gasteiger partial charge in [-0.3, -0.25) is 4.79 Å². The standard InChI is InChI=1S/C11H16N2OS/c1-13(7-8-4-5-8)11(14)10(12)9-3-2-6-15-9/h2-3,6,8,10H,4-5,7,12H2,1H3. The summed E-state index contributed by atoms with van der Waals surface area (Å²) < 4.78 is 0. The smallest absolute Gasteiger partial charge is 0.244 e. The monoisotopic (exact) mass is 224 g/mol. The summed E-state index contributed by atoms with van der Waals surface area (Å²) in [5.41, 5.74) is 5.90. The molecule has 4 heteroatoms. The molecule has 3 nitrogen and oxygen atoms in total.